The average Bonchev–Trinajstić information content (AvgIpc) is 2.38. The fraction of sp³-hybridized carbons (Fsp3) is 0.600. The van der Waals surface area contributed by atoms with Gasteiger partial charge in [-0.15, -0.1) is 0 Å². The zero-order valence-corrected chi connectivity index (χ0v) is 11.4. The van der Waals surface area contributed by atoms with Crippen molar-refractivity contribution in [2.75, 3.05) is 26.3 Å². The number of hydrogen-bond donors (Lipinski definition) is 1. The van der Waals surface area contributed by atoms with Gasteiger partial charge in [-0.1, -0.05) is 25.1 Å². The number of halogens is 1. The molecule has 0 heterocycles. The van der Waals surface area contributed by atoms with Crippen LogP contribution in [0.1, 0.15) is 25.8 Å². The molecule has 0 fully saturated rings. The number of nitrogens with one attached hydrogen (secondary N) is 1. The summed E-state index contributed by atoms with van der Waals surface area (Å²) in [5.74, 6) is 0.211. The molecule has 0 aliphatic carbocycles. The summed E-state index contributed by atoms with van der Waals surface area (Å²) >= 11 is 0. The second kappa shape index (κ2) is 9.06. The lowest BCUT2D eigenvalue weighted by atomic mass is 9.99. The monoisotopic (exact) mass is 253 g/mol. The predicted octanol–water partition coefficient (Wildman–Crippen LogP) is 3.02. The van der Waals surface area contributed by atoms with Crippen LogP contribution in [0.4, 0.5) is 4.39 Å². The molecule has 0 amide bonds. The minimum atomic E-state index is -0.116. The smallest absolute Gasteiger partial charge is 0.126 e. The lowest BCUT2D eigenvalue weighted by Crippen LogP contribution is -2.28. The van der Waals surface area contributed by atoms with Crippen molar-refractivity contribution < 1.29 is 9.13 Å². The lowest BCUT2D eigenvalue weighted by molar-refractivity contribution is 0.109. The van der Waals surface area contributed by atoms with Crippen LogP contribution >= 0.6 is 0 Å². The third-order valence-corrected chi connectivity index (χ3v) is 2.88. The Balaban J connectivity index is 2.51. The molecule has 0 spiro atoms. The summed E-state index contributed by atoms with van der Waals surface area (Å²) in [5, 5.41) is 3.38. The van der Waals surface area contributed by atoms with Gasteiger partial charge in [0.05, 0.1) is 6.61 Å². The molecule has 1 N–H and O–H groups in total. The molecule has 3 heteroatoms. The lowest BCUT2D eigenvalue weighted by Gasteiger charge is -2.17. The van der Waals surface area contributed by atoms with Crippen LogP contribution in [0.2, 0.25) is 0 Å². The van der Waals surface area contributed by atoms with Gasteiger partial charge in [0.25, 0.3) is 0 Å². The van der Waals surface area contributed by atoms with Crippen LogP contribution in [0.15, 0.2) is 24.3 Å². The Labute approximate surface area is 110 Å². The van der Waals surface area contributed by atoms with Gasteiger partial charge in [-0.3, -0.25) is 0 Å². The average molecular weight is 253 g/mol. The molecule has 1 aromatic rings. The van der Waals surface area contributed by atoms with Gasteiger partial charge in [0.1, 0.15) is 5.82 Å². The van der Waals surface area contributed by atoms with E-state index in [1.807, 2.05) is 19.1 Å². The Morgan fingerprint density at radius 1 is 1.28 bits per heavy atom. The van der Waals surface area contributed by atoms with Gasteiger partial charge in [0.15, 0.2) is 0 Å². The fourth-order valence-corrected chi connectivity index (χ4v) is 1.93. The van der Waals surface area contributed by atoms with E-state index >= 15 is 0 Å². The Morgan fingerprint density at radius 2 is 2.06 bits per heavy atom. The topological polar surface area (TPSA) is 21.3 Å². The van der Waals surface area contributed by atoms with Crippen molar-refractivity contribution in [2.24, 2.45) is 5.92 Å². The first-order chi connectivity index (χ1) is 8.77. The van der Waals surface area contributed by atoms with E-state index in [4.69, 9.17) is 4.74 Å². The summed E-state index contributed by atoms with van der Waals surface area (Å²) in [6.45, 7) is 7.40. The van der Waals surface area contributed by atoms with Crippen molar-refractivity contribution >= 4 is 0 Å². The number of rotatable bonds is 9. The summed E-state index contributed by atoms with van der Waals surface area (Å²) in [6, 6.07) is 6.99. The van der Waals surface area contributed by atoms with Crippen molar-refractivity contribution in [3.05, 3.63) is 35.6 Å². The van der Waals surface area contributed by atoms with Crippen LogP contribution < -0.4 is 5.32 Å². The zero-order chi connectivity index (χ0) is 13.2. The van der Waals surface area contributed by atoms with E-state index in [1.54, 1.807) is 6.07 Å². The van der Waals surface area contributed by atoms with Crippen LogP contribution in [-0.2, 0) is 11.2 Å². The molecule has 0 saturated heterocycles. The van der Waals surface area contributed by atoms with Gasteiger partial charge < -0.3 is 10.1 Å². The van der Waals surface area contributed by atoms with Crippen LogP contribution in [0, 0.1) is 11.7 Å². The summed E-state index contributed by atoms with van der Waals surface area (Å²) in [5.41, 5.74) is 0.778. The minimum Gasteiger partial charge on any atom is -0.381 e. The van der Waals surface area contributed by atoms with Crippen molar-refractivity contribution in [3.8, 4) is 0 Å². The second-order valence-corrected chi connectivity index (χ2v) is 4.53. The van der Waals surface area contributed by atoms with Crippen molar-refractivity contribution in [2.45, 2.75) is 26.7 Å². The van der Waals surface area contributed by atoms with Gasteiger partial charge in [-0.2, -0.15) is 0 Å². The molecular formula is C15H24FNO. The molecule has 0 radical (unpaired) electrons. The highest BCUT2D eigenvalue weighted by Gasteiger charge is 2.12. The van der Waals surface area contributed by atoms with Gasteiger partial charge >= 0.3 is 0 Å². The molecule has 102 valence electrons. The van der Waals surface area contributed by atoms with E-state index < -0.39 is 0 Å². The third kappa shape index (κ3) is 5.61. The largest absolute Gasteiger partial charge is 0.381 e. The molecule has 2 nitrogen and oxygen atoms in total. The molecule has 1 atom stereocenters. The molecule has 18 heavy (non-hydrogen) atoms. The Morgan fingerprint density at radius 3 is 2.72 bits per heavy atom. The normalized spacial score (nSPS) is 12.6. The minimum absolute atomic E-state index is 0.116. The van der Waals surface area contributed by atoms with Gasteiger partial charge in [-0.25, -0.2) is 4.39 Å². The maximum atomic E-state index is 13.6. The van der Waals surface area contributed by atoms with E-state index in [0.717, 1.165) is 31.5 Å². The number of ether oxygens (including phenoxy) is 1. The van der Waals surface area contributed by atoms with Crippen molar-refractivity contribution in [3.63, 3.8) is 0 Å². The molecule has 1 rings (SSSR count). The molecule has 0 aliphatic rings. The summed E-state index contributed by atoms with van der Waals surface area (Å²) in [4.78, 5) is 0. The van der Waals surface area contributed by atoms with Crippen LogP contribution in [0.25, 0.3) is 0 Å². The quantitative estimate of drug-likeness (QED) is 0.683. The molecule has 0 bridgehead atoms. The highest BCUT2D eigenvalue weighted by atomic mass is 19.1. The first-order valence-electron chi connectivity index (χ1n) is 6.79. The van der Waals surface area contributed by atoms with E-state index in [0.29, 0.717) is 19.1 Å². The maximum Gasteiger partial charge on any atom is 0.126 e. The number of hydrogen-bond acceptors (Lipinski definition) is 2. The predicted molar refractivity (Wildman–Crippen MR) is 73.2 cm³/mol. The van der Waals surface area contributed by atoms with Crippen molar-refractivity contribution in [1.29, 1.82) is 0 Å². The van der Waals surface area contributed by atoms with Crippen LogP contribution in [-0.4, -0.2) is 26.3 Å². The first-order valence-corrected chi connectivity index (χ1v) is 6.79. The SMILES string of the molecule is CCCNCC(COCC)Cc1ccccc1F. The maximum absolute atomic E-state index is 13.6. The zero-order valence-electron chi connectivity index (χ0n) is 11.4. The molecule has 0 aliphatic heterocycles. The van der Waals surface area contributed by atoms with Crippen LogP contribution in [0.3, 0.4) is 0 Å². The Hall–Kier alpha value is -0.930. The highest BCUT2D eigenvalue weighted by Crippen LogP contribution is 2.13. The summed E-state index contributed by atoms with van der Waals surface area (Å²) in [7, 11) is 0. The van der Waals surface area contributed by atoms with Crippen LogP contribution in [0.5, 0.6) is 0 Å². The summed E-state index contributed by atoms with van der Waals surface area (Å²) < 4.78 is 19.1. The van der Waals surface area contributed by atoms with Gasteiger partial charge in [-0.05, 0) is 43.9 Å². The molecule has 1 aromatic carbocycles. The second-order valence-electron chi connectivity index (χ2n) is 4.53. The highest BCUT2D eigenvalue weighted by molar-refractivity contribution is 5.17. The van der Waals surface area contributed by atoms with E-state index in [1.165, 1.54) is 6.07 Å². The Bertz CT molecular complexity index is 330. The fourth-order valence-electron chi connectivity index (χ4n) is 1.93. The molecule has 0 saturated carbocycles. The standard InChI is InChI=1S/C15H24FNO/c1-3-9-17-11-13(12-18-4-2)10-14-7-5-6-8-15(14)16/h5-8,13,17H,3-4,9-12H2,1-2H3. The van der Waals surface area contributed by atoms with Gasteiger partial charge in [0.2, 0.25) is 0 Å². The molecular weight excluding hydrogens is 229 g/mol. The number of benzene rings is 1. The van der Waals surface area contributed by atoms with E-state index in [-0.39, 0.29) is 5.82 Å². The third-order valence-electron chi connectivity index (χ3n) is 2.88. The van der Waals surface area contributed by atoms with E-state index in [2.05, 4.69) is 12.2 Å². The van der Waals surface area contributed by atoms with Gasteiger partial charge in [0, 0.05) is 13.2 Å². The van der Waals surface area contributed by atoms with Crippen molar-refractivity contribution in [1.82, 2.24) is 5.32 Å². The first kappa shape index (κ1) is 15.1. The molecule has 0 aromatic heterocycles. The molecule has 1 unspecified atom stereocenters. The Kier molecular flexibility index (Phi) is 7.62. The summed E-state index contributed by atoms with van der Waals surface area (Å²) in [6.07, 6.45) is 1.84. The van der Waals surface area contributed by atoms with E-state index in [9.17, 15) is 4.39 Å².